The van der Waals surface area contributed by atoms with E-state index in [4.69, 9.17) is 4.74 Å². The van der Waals surface area contributed by atoms with Crippen molar-refractivity contribution in [3.8, 4) is 22.7 Å². The summed E-state index contributed by atoms with van der Waals surface area (Å²) in [5.74, 6) is 0.355. The van der Waals surface area contributed by atoms with Crippen LogP contribution in [0, 0.1) is 19.7 Å². The number of aromatic nitrogens is 5. The Hall–Kier alpha value is -3.81. The maximum atomic E-state index is 13.2. The molecule has 152 valence electrons. The van der Waals surface area contributed by atoms with Gasteiger partial charge in [-0.1, -0.05) is 18.2 Å². The molecule has 0 aliphatic carbocycles. The summed E-state index contributed by atoms with van der Waals surface area (Å²) in [4.78, 5) is 16.4. The van der Waals surface area contributed by atoms with Crippen molar-refractivity contribution >= 4 is 0 Å². The van der Waals surface area contributed by atoms with E-state index < -0.39 is 0 Å². The van der Waals surface area contributed by atoms with Crippen LogP contribution in [0.15, 0.2) is 59.5 Å². The van der Waals surface area contributed by atoms with Crippen LogP contribution in [0.5, 0.6) is 5.75 Å². The summed E-state index contributed by atoms with van der Waals surface area (Å²) in [6, 6.07) is 14.4. The number of nitrogens with zero attached hydrogens (tertiary/aromatic N) is 5. The standard InChI is InChI=1S/C22H20FN5O2/c1-14-11-21(15(2)10-18(14)19-9-8-17(23)12-24-19)30-13-16-6-4-5-7-20(16)28-22(29)27(3)25-26-28/h4-12H,13H2,1-3H3. The topological polar surface area (TPSA) is 74.8 Å². The molecule has 0 atom stereocenters. The Bertz CT molecular complexity index is 1260. The van der Waals surface area contributed by atoms with Gasteiger partial charge in [-0.05, 0) is 65.7 Å². The summed E-state index contributed by atoms with van der Waals surface area (Å²) in [5, 5.41) is 7.68. The lowest BCUT2D eigenvalue weighted by Crippen LogP contribution is -2.23. The molecular formula is C22H20FN5O2. The van der Waals surface area contributed by atoms with Crippen molar-refractivity contribution < 1.29 is 9.13 Å². The number of hydrogen-bond donors (Lipinski definition) is 0. The third-order valence-corrected chi connectivity index (χ3v) is 4.85. The number of para-hydroxylation sites is 1. The van der Waals surface area contributed by atoms with Crippen LogP contribution in [0.2, 0.25) is 0 Å². The van der Waals surface area contributed by atoms with Crippen LogP contribution in [0.3, 0.4) is 0 Å². The molecule has 30 heavy (non-hydrogen) atoms. The maximum absolute atomic E-state index is 13.2. The normalized spacial score (nSPS) is 10.9. The van der Waals surface area contributed by atoms with E-state index in [-0.39, 0.29) is 18.1 Å². The van der Waals surface area contributed by atoms with Crippen molar-refractivity contribution in [1.82, 2.24) is 24.8 Å². The van der Waals surface area contributed by atoms with Crippen molar-refractivity contribution in [2.24, 2.45) is 7.05 Å². The van der Waals surface area contributed by atoms with Crippen LogP contribution < -0.4 is 10.4 Å². The summed E-state index contributed by atoms with van der Waals surface area (Å²) >= 11 is 0. The monoisotopic (exact) mass is 405 g/mol. The Kier molecular flexibility index (Phi) is 5.14. The lowest BCUT2D eigenvalue weighted by Gasteiger charge is -2.15. The van der Waals surface area contributed by atoms with Crippen LogP contribution in [-0.4, -0.2) is 24.8 Å². The highest BCUT2D eigenvalue weighted by Gasteiger charge is 2.13. The maximum Gasteiger partial charge on any atom is 0.368 e. The minimum Gasteiger partial charge on any atom is -0.489 e. The highest BCUT2D eigenvalue weighted by molar-refractivity contribution is 5.66. The number of ether oxygens (including phenoxy) is 1. The minimum absolute atomic E-state index is 0.258. The van der Waals surface area contributed by atoms with E-state index in [0.29, 0.717) is 11.4 Å². The second-order valence-corrected chi connectivity index (χ2v) is 7.01. The molecule has 0 aliphatic heterocycles. The molecule has 0 saturated carbocycles. The number of rotatable bonds is 5. The molecule has 0 saturated heterocycles. The largest absolute Gasteiger partial charge is 0.489 e. The number of tetrazole rings is 1. The highest BCUT2D eigenvalue weighted by atomic mass is 19.1. The van der Waals surface area contributed by atoms with Crippen LogP contribution >= 0.6 is 0 Å². The molecule has 0 bridgehead atoms. The molecule has 0 spiro atoms. The fraction of sp³-hybridized carbons (Fsp3) is 0.182. The Labute approximate surface area is 172 Å². The molecule has 7 nitrogen and oxygen atoms in total. The number of halogens is 1. The van der Waals surface area contributed by atoms with E-state index in [0.717, 1.165) is 28.0 Å². The molecule has 0 amide bonds. The molecule has 4 aromatic rings. The highest BCUT2D eigenvalue weighted by Crippen LogP contribution is 2.30. The quantitative estimate of drug-likeness (QED) is 0.509. The molecule has 2 aromatic heterocycles. The zero-order valence-corrected chi connectivity index (χ0v) is 16.8. The number of benzene rings is 2. The van der Waals surface area contributed by atoms with Crippen molar-refractivity contribution in [2.45, 2.75) is 20.5 Å². The molecule has 0 unspecified atom stereocenters. The predicted octanol–water partition coefficient (Wildman–Crippen LogP) is 3.36. The van der Waals surface area contributed by atoms with E-state index in [2.05, 4.69) is 15.4 Å². The summed E-state index contributed by atoms with van der Waals surface area (Å²) in [6.45, 7) is 4.16. The molecule has 4 rings (SSSR count). The van der Waals surface area contributed by atoms with Gasteiger partial charge in [0.25, 0.3) is 0 Å². The summed E-state index contributed by atoms with van der Waals surface area (Å²) in [6.07, 6.45) is 1.21. The lowest BCUT2D eigenvalue weighted by atomic mass is 10.0. The second kappa shape index (κ2) is 7.90. The molecule has 0 N–H and O–H groups in total. The third-order valence-electron chi connectivity index (χ3n) is 4.85. The Balaban J connectivity index is 1.61. The van der Waals surface area contributed by atoms with Gasteiger partial charge in [0.1, 0.15) is 18.2 Å². The first-order valence-electron chi connectivity index (χ1n) is 9.37. The van der Waals surface area contributed by atoms with Gasteiger partial charge in [-0.25, -0.2) is 9.18 Å². The summed E-state index contributed by atoms with van der Waals surface area (Å²) in [5.41, 5.74) is 4.62. The van der Waals surface area contributed by atoms with Crippen LogP contribution in [0.4, 0.5) is 4.39 Å². The van der Waals surface area contributed by atoms with Gasteiger partial charge in [-0.3, -0.25) is 4.98 Å². The van der Waals surface area contributed by atoms with E-state index in [1.54, 1.807) is 19.2 Å². The van der Waals surface area contributed by atoms with Gasteiger partial charge in [0, 0.05) is 18.2 Å². The van der Waals surface area contributed by atoms with E-state index in [1.807, 2.05) is 44.2 Å². The Morgan fingerprint density at radius 2 is 1.83 bits per heavy atom. The van der Waals surface area contributed by atoms with Gasteiger partial charge in [0.15, 0.2) is 0 Å². The fourth-order valence-electron chi connectivity index (χ4n) is 3.22. The van der Waals surface area contributed by atoms with Crippen LogP contribution in [0.1, 0.15) is 16.7 Å². The van der Waals surface area contributed by atoms with Crippen LogP contribution in [0.25, 0.3) is 16.9 Å². The second-order valence-electron chi connectivity index (χ2n) is 7.01. The smallest absolute Gasteiger partial charge is 0.368 e. The van der Waals surface area contributed by atoms with Crippen molar-refractivity contribution in [2.75, 3.05) is 0 Å². The SMILES string of the molecule is Cc1cc(-c2ccc(F)cn2)c(C)cc1OCc1ccccc1-n1nnn(C)c1=O. The molecule has 2 heterocycles. The Morgan fingerprint density at radius 1 is 1.03 bits per heavy atom. The van der Waals surface area contributed by atoms with Crippen molar-refractivity contribution in [3.05, 3.63) is 87.7 Å². The average molecular weight is 405 g/mol. The Morgan fingerprint density at radius 3 is 2.53 bits per heavy atom. The van der Waals surface area contributed by atoms with Gasteiger partial charge < -0.3 is 4.74 Å². The van der Waals surface area contributed by atoms with Gasteiger partial charge in [-0.15, -0.1) is 0 Å². The molecule has 0 aliphatic rings. The minimum atomic E-state index is -0.367. The fourth-order valence-corrected chi connectivity index (χ4v) is 3.22. The average Bonchev–Trinajstić information content (AvgIpc) is 3.07. The van der Waals surface area contributed by atoms with E-state index in [1.165, 1.54) is 21.6 Å². The third kappa shape index (κ3) is 3.71. The van der Waals surface area contributed by atoms with Gasteiger partial charge in [0.05, 0.1) is 17.6 Å². The first kappa shape index (κ1) is 19.5. The molecular weight excluding hydrogens is 385 g/mol. The molecule has 0 fully saturated rings. The predicted molar refractivity (Wildman–Crippen MR) is 110 cm³/mol. The zero-order chi connectivity index (χ0) is 21.3. The van der Waals surface area contributed by atoms with Crippen LogP contribution in [-0.2, 0) is 13.7 Å². The van der Waals surface area contributed by atoms with E-state index in [9.17, 15) is 9.18 Å². The molecule has 2 aromatic carbocycles. The number of aryl methyl sites for hydroxylation is 3. The molecule has 0 radical (unpaired) electrons. The molecule has 8 heteroatoms. The first-order chi connectivity index (χ1) is 14.4. The van der Waals surface area contributed by atoms with Gasteiger partial charge in [-0.2, -0.15) is 9.36 Å². The number of hydrogen-bond acceptors (Lipinski definition) is 5. The van der Waals surface area contributed by atoms with Crippen molar-refractivity contribution in [3.63, 3.8) is 0 Å². The van der Waals surface area contributed by atoms with Gasteiger partial charge >= 0.3 is 5.69 Å². The van der Waals surface area contributed by atoms with E-state index >= 15 is 0 Å². The lowest BCUT2D eigenvalue weighted by molar-refractivity contribution is 0.303. The van der Waals surface area contributed by atoms with Gasteiger partial charge in [0.2, 0.25) is 0 Å². The number of pyridine rings is 1. The zero-order valence-electron chi connectivity index (χ0n) is 16.8. The summed E-state index contributed by atoms with van der Waals surface area (Å²) < 4.78 is 21.7. The first-order valence-corrected chi connectivity index (χ1v) is 9.37. The van der Waals surface area contributed by atoms with Crippen molar-refractivity contribution in [1.29, 1.82) is 0 Å². The summed E-state index contributed by atoms with van der Waals surface area (Å²) in [7, 11) is 1.55.